The molecule has 2 rings (SSSR count). The number of carbonyl (C=O) groups is 1. The Labute approximate surface area is 127 Å². The third-order valence-electron chi connectivity index (χ3n) is 3.29. The quantitative estimate of drug-likeness (QED) is 0.890. The van der Waals surface area contributed by atoms with Gasteiger partial charge in [0.25, 0.3) is 0 Å². The lowest BCUT2D eigenvalue weighted by Crippen LogP contribution is -2.40. The van der Waals surface area contributed by atoms with Crippen molar-refractivity contribution in [1.29, 1.82) is 0 Å². The number of hydrogen-bond acceptors (Lipinski definition) is 2. The van der Waals surface area contributed by atoms with Gasteiger partial charge in [-0.05, 0) is 55.3 Å². The normalized spacial score (nSPS) is 13.5. The zero-order chi connectivity index (χ0) is 15.6. The molecule has 5 heteroatoms. The summed E-state index contributed by atoms with van der Waals surface area (Å²) >= 11 is 5.83. The van der Waals surface area contributed by atoms with Crippen LogP contribution in [0.5, 0.6) is 0 Å². The smallest absolute Gasteiger partial charge is 0.333 e. The summed E-state index contributed by atoms with van der Waals surface area (Å²) in [6.07, 6.45) is 0. The van der Waals surface area contributed by atoms with Crippen LogP contribution < -0.4 is 5.32 Å². The van der Waals surface area contributed by atoms with Gasteiger partial charge in [-0.15, -0.1) is 0 Å². The van der Waals surface area contributed by atoms with Crippen LogP contribution in [0.2, 0.25) is 5.02 Å². The molecule has 0 spiro atoms. The van der Waals surface area contributed by atoms with Crippen LogP contribution in [0.25, 0.3) is 0 Å². The summed E-state index contributed by atoms with van der Waals surface area (Å²) in [5, 5.41) is 13.0. The topological polar surface area (TPSA) is 49.3 Å². The largest absolute Gasteiger partial charge is 0.479 e. The van der Waals surface area contributed by atoms with E-state index >= 15 is 0 Å². The van der Waals surface area contributed by atoms with E-state index in [-0.39, 0.29) is 0 Å². The molecule has 0 aliphatic rings. The number of nitrogens with one attached hydrogen (secondary N) is 1. The Bertz CT molecular complexity index is 652. The molecule has 0 aliphatic carbocycles. The summed E-state index contributed by atoms with van der Waals surface area (Å²) in [5.74, 6) is -1.48. The average Bonchev–Trinajstić information content (AvgIpc) is 2.37. The molecule has 1 unspecified atom stereocenters. The molecular weight excluding hydrogens is 293 g/mol. The van der Waals surface area contributed by atoms with E-state index in [0.717, 1.165) is 0 Å². The minimum atomic E-state index is -1.38. The number of carboxylic acid groups (broad SMARTS) is 1. The van der Waals surface area contributed by atoms with Crippen LogP contribution >= 0.6 is 11.6 Å². The predicted octanol–water partition coefficient (Wildman–Crippen LogP) is 4.20. The van der Waals surface area contributed by atoms with Crippen LogP contribution in [-0.2, 0) is 10.3 Å². The first kappa shape index (κ1) is 15.3. The molecule has 1 atom stereocenters. The third-order valence-corrected chi connectivity index (χ3v) is 3.54. The maximum Gasteiger partial charge on any atom is 0.333 e. The van der Waals surface area contributed by atoms with E-state index in [1.165, 1.54) is 19.1 Å². The van der Waals surface area contributed by atoms with Gasteiger partial charge in [0.1, 0.15) is 5.82 Å². The number of benzene rings is 2. The van der Waals surface area contributed by atoms with Crippen molar-refractivity contribution in [1.82, 2.24) is 0 Å². The van der Waals surface area contributed by atoms with Crippen LogP contribution in [0.1, 0.15) is 18.1 Å². The Balaban J connectivity index is 2.43. The van der Waals surface area contributed by atoms with Gasteiger partial charge in [0.2, 0.25) is 0 Å². The highest BCUT2D eigenvalue weighted by Crippen LogP contribution is 2.28. The van der Waals surface area contributed by atoms with Crippen LogP contribution in [-0.4, -0.2) is 11.1 Å². The lowest BCUT2D eigenvalue weighted by Gasteiger charge is -2.28. The van der Waals surface area contributed by atoms with Crippen molar-refractivity contribution in [2.45, 2.75) is 19.4 Å². The molecule has 3 nitrogen and oxygen atoms in total. The highest BCUT2D eigenvalue weighted by Gasteiger charge is 2.35. The second-order valence-electron chi connectivity index (χ2n) is 5.08. The van der Waals surface area contributed by atoms with Gasteiger partial charge in [0.15, 0.2) is 5.54 Å². The molecule has 0 bridgehead atoms. The Hall–Kier alpha value is -2.07. The maximum absolute atomic E-state index is 13.5. The van der Waals surface area contributed by atoms with E-state index in [9.17, 15) is 14.3 Å². The monoisotopic (exact) mass is 307 g/mol. The van der Waals surface area contributed by atoms with Gasteiger partial charge in [-0.25, -0.2) is 9.18 Å². The van der Waals surface area contributed by atoms with Gasteiger partial charge in [0.05, 0.1) is 0 Å². The average molecular weight is 308 g/mol. The van der Waals surface area contributed by atoms with E-state index < -0.39 is 17.3 Å². The maximum atomic E-state index is 13.5. The van der Waals surface area contributed by atoms with E-state index in [2.05, 4.69) is 5.32 Å². The molecule has 0 amide bonds. The fourth-order valence-corrected chi connectivity index (χ4v) is 2.26. The molecule has 0 heterocycles. The number of aliphatic carboxylic acids is 1. The molecule has 110 valence electrons. The highest BCUT2D eigenvalue weighted by atomic mass is 35.5. The SMILES string of the molecule is Cc1cc(F)cc(NC(C)(C(=O)O)c2ccc(Cl)cc2)c1. The summed E-state index contributed by atoms with van der Waals surface area (Å²) in [6.45, 7) is 3.27. The van der Waals surface area contributed by atoms with E-state index in [0.29, 0.717) is 21.8 Å². The summed E-state index contributed by atoms with van der Waals surface area (Å²) in [4.78, 5) is 11.7. The zero-order valence-corrected chi connectivity index (χ0v) is 12.4. The molecule has 0 aliphatic heterocycles. The van der Waals surface area contributed by atoms with Crippen molar-refractivity contribution in [3.8, 4) is 0 Å². The minimum absolute atomic E-state index is 0.410. The fraction of sp³-hybridized carbons (Fsp3) is 0.188. The second-order valence-corrected chi connectivity index (χ2v) is 5.52. The molecule has 21 heavy (non-hydrogen) atoms. The van der Waals surface area contributed by atoms with E-state index in [1.54, 1.807) is 37.3 Å². The van der Waals surface area contributed by atoms with Gasteiger partial charge in [0, 0.05) is 10.7 Å². The zero-order valence-electron chi connectivity index (χ0n) is 11.7. The van der Waals surface area contributed by atoms with Crippen LogP contribution in [0.3, 0.4) is 0 Å². The Kier molecular flexibility index (Phi) is 4.19. The number of rotatable bonds is 4. The fourth-order valence-electron chi connectivity index (χ4n) is 2.13. The van der Waals surface area contributed by atoms with Crippen molar-refractivity contribution < 1.29 is 14.3 Å². The van der Waals surface area contributed by atoms with Crippen molar-refractivity contribution in [3.05, 3.63) is 64.4 Å². The number of aryl methyl sites for hydroxylation is 1. The number of halogens is 2. The minimum Gasteiger partial charge on any atom is -0.479 e. The molecule has 0 saturated heterocycles. The molecule has 0 fully saturated rings. The summed E-state index contributed by atoms with van der Waals surface area (Å²) in [6, 6.07) is 10.9. The van der Waals surface area contributed by atoms with Gasteiger partial charge in [-0.1, -0.05) is 23.7 Å². The first-order chi connectivity index (χ1) is 9.81. The second kappa shape index (κ2) is 5.74. The van der Waals surface area contributed by atoms with Crippen LogP contribution in [0.4, 0.5) is 10.1 Å². The molecule has 0 aromatic heterocycles. The molecule has 2 aromatic rings. The number of hydrogen-bond donors (Lipinski definition) is 2. The van der Waals surface area contributed by atoms with Crippen molar-refractivity contribution in [2.24, 2.45) is 0 Å². The van der Waals surface area contributed by atoms with E-state index in [1.807, 2.05) is 0 Å². The Morgan fingerprint density at radius 3 is 2.38 bits per heavy atom. The standard InChI is InChI=1S/C16H15ClFNO2/c1-10-7-13(18)9-14(8-10)19-16(2,15(20)21)11-3-5-12(17)6-4-11/h3-9,19H,1-2H3,(H,20,21). The molecular formula is C16H15ClFNO2. The molecule has 2 aromatic carbocycles. The summed E-state index contributed by atoms with van der Waals surface area (Å²) < 4.78 is 13.5. The van der Waals surface area contributed by atoms with Gasteiger partial charge in [-0.2, -0.15) is 0 Å². The molecule has 0 radical (unpaired) electrons. The van der Waals surface area contributed by atoms with Crippen molar-refractivity contribution in [3.63, 3.8) is 0 Å². The van der Waals surface area contributed by atoms with Crippen LogP contribution in [0, 0.1) is 12.7 Å². The Morgan fingerprint density at radius 1 is 1.24 bits per heavy atom. The summed E-state index contributed by atoms with van der Waals surface area (Å²) in [5.41, 5.74) is 0.264. The lowest BCUT2D eigenvalue weighted by molar-refractivity contribution is -0.142. The summed E-state index contributed by atoms with van der Waals surface area (Å²) in [7, 11) is 0. The number of anilines is 1. The predicted molar refractivity (Wildman–Crippen MR) is 81.2 cm³/mol. The molecule has 2 N–H and O–H groups in total. The van der Waals surface area contributed by atoms with Crippen LogP contribution in [0.15, 0.2) is 42.5 Å². The van der Waals surface area contributed by atoms with Gasteiger partial charge >= 0.3 is 5.97 Å². The molecule has 0 saturated carbocycles. The van der Waals surface area contributed by atoms with Crippen molar-refractivity contribution >= 4 is 23.3 Å². The highest BCUT2D eigenvalue weighted by molar-refractivity contribution is 6.30. The van der Waals surface area contributed by atoms with Gasteiger partial charge in [-0.3, -0.25) is 0 Å². The third kappa shape index (κ3) is 3.34. The van der Waals surface area contributed by atoms with Crippen molar-refractivity contribution in [2.75, 3.05) is 5.32 Å². The van der Waals surface area contributed by atoms with E-state index in [4.69, 9.17) is 11.6 Å². The number of carboxylic acids is 1. The Morgan fingerprint density at radius 2 is 1.86 bits per heavy atom. The lowest BCUT2D eigenvalue weighted by atomic mass is 9.91. The first-order valence-electron chi connectivity index (χ1n) is 6.36. The first-order valence-corrected chi connectivity index (χ1v) is 6.74. The van der Waals surface area contributed by atoms with Gasteiger partial charge < -0.3 is 10.4 Å².